The minimum absolute atomic E-state index is 0.0231. The zero-order valence-electron chi connectivity index (χ0n) is 70.2. The van der Waals surface area contributed by atoms with Crippen LogP contribution in [0.5, 0.6) is 0 Å². The predicted octanol–water partition coefficient (Wildman–Crippen LogP) is 22.3. The summed E-state index contributed by atoms with van der Waals surface area (Å²) in [7, 11) is 0. The van der Waals surface area contributed by atoms with Crippen LogP contribution in [0.2, 0.25) is 0 Å². The highest BCUT2D eigenvalue weighted by Crippen LogP contribution is 2.30. The molecule has 96 heavy (non-hydrogen) atoms. The van der Waals surface area contributed by atoms with Gasteiger partial charge < -0.3 is 38.9 Å². The van der Waals surface area contributed by atoms with Crippen LogP contribution in [0.25, 0.3) is 0 Å². The van der Waals surface area contributed by atoms with E-state index in [9.17, 15) is 28.8 Å². The molecule has 0 bridgehead atoms. The van der Waals surface area contributed by atoms with Crippen molar-refractivity contribution in [2.45, 2.75) is 383 Å². The Hall–Kier alpha value is -3.26. The Morgan fingerprint density at radius 1 is 0.406 bits per heavy atom. The second-order valence-corrected chi connectivity index (χ2v) is 37.8. The second-order valence-electron chi connectivity index (χ2n) is 37.8. The zero-order chi connectivity index (χ0) is 76.7. The van der Waals surface area contributed by atoms with Crippen molar-refractivity contribution in [2.24, 2.45) is 78.6 Å². The number of hydrogen-bond acceptors (Lipinski definition) is 14. The van der Waals surface area contributed by atoms with Crippen LogP contribution in [-0.4, -0.2) is 93.7 Å². The molecular formula is C82H165NO13. The third-order valence-corrected chi connectivity index (χ3v) is 14.9. The van der Waals surface area contributed by atoms with Gasteiger partial charge in [0.2, 0.25) is 0 Å². The van der Waals surface area contributed by atoms with Gasteiger partial charge in [-0.25, -0.2) is 4.79 Å². The normalized spacial score (nSPS) is 14.8. The Kier molecular flexibility index (Phi) is 57.9. The average molecular weight is 1370 g/mol. The number of ether oxygens (including phenoxy) is 7. The van der Waals surface area contributed by atoms with Gasteiger partial charge >= 0.3 is 35.8 Å². The van der Waals surface area contributed by atoms with Crippen molar-refractivity contribution in [1.29, 1.82) is 0 Å². The molecule has 2 N–H and O–H groups in total. The molecule has 2 saturated carbocycles. The minimum atomic E-state index is -0.486. The Labute approximate surface area is 595 Å². The highest BCUT2D eigenvalue weighted by molar-refractivity contribution is 5.76. The molecule has 0 saturated heterocycles. The van der Waals surface area contributed by atoms with Gasteiger partial charge in [-0.1, -0.05) is 267 Å². The third kappa shape index (κ3) is 85.0. The molecule has 0 amide bonds. The zero-order valence-corrected chi connectivity index (χ0v) is 70.2. The van der Waals surface area contributed by atoms with E-state index in [2.05, 4.69) is 159 Å². The van der Waals surface area contributed by atoms with Gasteiger partial charge in [0.05, 0.1) is 56.4 Å². The van der Waals surface area contributed by atoms with Gasteiger partial charge in [0.25, 0.3) is 0 Å². The number of carbonyl (C=O) groups is 6. The lowest BCUT2D eigenvalue weighted by molar-refractivity contribution is -0.154. The van der Waals surface area contributed by atoms with Crippen LogP contribution < -0.4 is 5.73 Å². The first-order valence-electron chi connectivity index (χ1n) is 37.6. The van der Waals surface area contributed by atoms with Crippen LogP contribution in [0.3, 0.4) is 0 Å². The Bertz CT molecular complexity index is 1890. The summed E-state index contributed by atoms with van der Waals surface area (Å²) >= 11 is 0. The molecule has 14 heteroatoms. The van der Waals surface area contributed by atoms with Crippen molar-refractivity contribution < 1.29 is 61.9 Å². The van der Waals surface area contributed by atoms with Crippen molar-refractivity contribution in [1.82, 2.24) is 0 Å². The SMILES string of the molecule is CC(C)(C)CCCOC(=O)C1CCCC1.CC(C)C(N)C(=O)OCCCC(C)(C)C.CC(C)CC(=O)OCCC(C)(C)C.CC(CC(C)(C)C)OC(=O)C(C)C.CC(CC(C)(C)C)OC(=O)C1CCCC1.CCC(C)(C)C.CCC(C)(C)C.CCCOCC(=O)OCC(C)(C)C. The average Bonchev–Trinajstić information content (AvgIpc) is 1.72. The first-order chi connectivity index (χ1) is 43.2. The van der Waals surface area contributed by atoms with Gasteiger partial charge in [0.15, 0.2) is 0 Å². The van der Waals surface area contributed by atoms with Crippen molar-refractivity contribution in [3.05, 3.63) is 0 Å². The molecule has 0 aliphatic heterocycles. The quantitative estimate of drug-likeness (QED) is 0.0545. The van der Waals surface area contributed by atoms with E-state index in [1.54, 1.807) is 0 Å². The summed E-state index contributed by atoms with van der Waals surface area (Å²) in [5.41, 5.74) is 8.11. The van der Waals surface area contributed by atoms with E-state index in [0.717, 1.165) is 77.0 Å². The van der Waals surface area contributed by atoms with Gasteiger partial charge in [0.1, 0.15) is 12.6 Å². The molecule has 14 nitrogen and oxygen atoms in total. The maximum absolute atomic E-state index is 11.7. The van der Waals surface area contributed by atoms with Gasteiger partial charge in [-0.05, 0) is 146 Å². The van der Waals surface area contributed by atoms with E-state index in [-0.39, 0.29) is 100.0 Å². The molecule has 0 aromatic heterocycles. The lowest BCUT2D eigenvalue weighted by Gasteiger charge is -2.24. The highest BCUT2D eigenvalue weighted by Gasteiger charge is 2.28. The first kappa shape index (κ1) is 104. The summed E-state index contributed by atoms with van der Waals surface area (Å²) < 4.78 is 36.2. The van der Waals surface area contributed by atoms with Crippen LogP contribution in [0.1, 0.15) is 364 Å². The van der Waals surface area contributed by atoms with Gasteiger partial charge in [0, 0.05) is 13.0 Å². The van der Waals surface area contributed by atoms with Gasteiger partial charge in [-0.15, -0.1) is 0 Å². The number of carbonyl (C=O) groups excluding carboxylic acids is 6. The fraction of sp³-hybridized carbons (Fsp3) is 0.927. The van der Waals surface area contributed by atoms with E-state index in [1.807, 2.05) is 83.1 Å². The maximum atomic E-state index is 11.7. The van der Waals surface area contributed by atoms with E-state index in [0.29, 0.717) is 67.0 Å². The number of rotatable bonds is 24. The smallest absolute Gasteiger partial charge is 0.332 e. The highest BCUT2D eigenvalue weighted by atomic mass is 16.6. The molecule has 2 rings (SSSR count). The first-order valence-corrected chi connectivity index (χ1v) is 37.6. The molecule has 0 aromatic rings. The van der Waals surface area contributed by atoms with E-state index in [1.165, 1.54) is 38.5 Å². The van der Waals surface area contributed by atoms with Crippen molar-refractivity contribution in [2.75, 3.05) is 39.6 Å². The molecule has 0 aromatic carbocycles. The van der Waals surface area contributed by atoms with E-state index < -0.39 is 6.04 Å². The van der Waals surface area contributed by atoms with Gasteiger partial charge in [-0.2, -0.15) is 0 Å². The maximum Gasteiger partial charge on any atom is 0.332 e. The monoisotopic (exact) mass is 1370 g/mol. The largest absolute Gasteiger partial charge is 0.466 e. The molecule has 576 valence electrons. The summed E-state index contributed by atoms with van der Waals surface area (Å²) in [5.74, 6) is 0.251. The topological polar surface area (TPSA) is 193 Å². The fourth-order valence-electron chi connectivity index (χ4n) is 8.30. The molecule has 0 spiro atoms. The minimum Gasteiger partial charge on any atom is -0.466 e. The van der Waals surface area contributed by atoms with Crippen LogP contribution in [0.15, 0.2) is 0 Å². The lowest BCUT2D eigenvalue weighted by Crippen LogP contribution is -2.37. The molecule has 3 atom stereocenters. The predicted molar refractivity (Wildman–Crippen MR) is 406 cm³/mol. The Balaban J connectivity index is -0.000000245. The summed E-state index contributed by atoms with van der Waals surface area (Å²) in [6, 6.07) is -0.486. The lowest BCUT2D eigenvalue weighted by atomic mass is 9.90. The fourth-order valence-corrected chi connectivity index (χ4v) is 8.30. The molecule has 3 unspecified atom stereocenters. The molecule has 2 aliphatic carbocycles. The Morgan fingerprint density at radius 2 is 0.781 bits per heavy atom. The second kappa shape index (κ2) is 53.6. The Morgan fingerprint density at radius 3 is 1.10 bits per heavy atom. The van der Waals surface area contributed by atoms with Crippen molar-refractivity contribution in [3.8, 4) is 0 Å². The van der Waals surface area contributed by atoms with E-state index in [4.69, 9.17) is 38.9 Å². The van der Waals surface area contributed by atoms with Gasteiger partial charge in [-0.3, -0.25) is 24.0 Å². The third-order valence-electron chi connectivity index (χ3n) is 14.9. The molecule has 2 fully saturated rings. The summed E-state index contributed by atoms with van der Waals surface area (Å²) in [6.07, 6.45) is 19.8. The number of nitrogens with two attached hydrogens (primary N) is 1. The van der Waals surface area contributed by atoms with Crippen molar-refractivity contribution in [3.63, 3.8) is 0 Å². The van der Waals surface area contributed by atoms with Crippen LogP contribution >= 0.6 is 0 Å². The summed E-state index contributed by atoms with van der Waals surface area (Å²) in [5, 5.41) is 0. The molecule has 0 heterocycles. The molecular weight excluding hydrogens is 1210 g/mol. The van der Waals surface area contributed by atoms with Crippen LogP contribution in [0, 0.1) is 72.9 Å². The molecule has 0 radical (unpaired) electrons. The number of hydrogen-bond donors (Lipinski definition) is 1. The summed E-state index contributed by atoms with van der Waals surface area (Å²) in [6.45, 7) is 76.8. The molecule has 2 aliphatic rings. The summed E-state index contributed by atoms with van der Waals surface area (Å²) in [4.78, 5) is 68.0. The van der Waals surface area contributed by atoms with Crippen LogP contribution in [-0.2, 0) is 61.9 Å². The van der Waals surface area contributed by atoms with Crippen LogP contribution in [0.4, 0.5) is 0 Å². The standard InChI is InChI=1S/2C13H24O2.C12H25NO2.2C11H22O2.C10H20O3.2C6H14/c1-10(9-13(2,3)4)15-12(14)11-7-5-6-8-11;1-13(2,3)9-6-10-15-12(14)11-7-4-5-8-11;1-9(2)10(13)11(14)15-8-6-7-12(3,4)5;1-8(2)10(12)13-9(3)7-11(4,5)6;1-9(2)8-10(12)13-7-6-11(3,4)5;1-5-6-12-7-9(11)13-8-10(2,3)4;2*1-5-6(2,3)4/h10-11H,5-9H2,1-4H3;11H,4-10H2,1-3H3;9-10H,6-8,13H2,1-5H3;8-9H,7H2,1-6H3;9H,6-8H2,1-5H3;5-8H2,1-4H3;2*5H2,1-4H3. The number of esters is 6. The van der Waals surface area contributed by atoms with E-state index >= 15 is 0 Å². The van der Waals surface area contributed by atoms with Crippen molar-refractivity contribution >= 4 is 35.8 Å².